The Morgan fingerprint density at radius 2 is 1.56 bits per heavy atom. The van der Waals surface area contributed by atoms with E-state index >= 15 is 0 Å². The minimum atomic E-state index is -0.731. The molecule has 0 N–H and O–H groups in total. The zero-order valence-corrected chi connectivity index (χ0v) is 22.4. The zero-order valence-electron chi connectivity index (χ0n) is 22.4. The fourth-order valence-corrected chi connectivity index (χ4v) is 4.68. The molecule has 2 aromatic rings. The van der Waals surface area contributed by atoms with Crippen LogP contribution in [0.1, 0.15) is 59.9 Å². The first-order valence-corrected chi connectivity index (χ1v) is 13.0. The first-order valence-electron chi connectivity index (χ1n) is 13.0. The average Bonchev–Trinajstić information content (AvgIpc) is 3.45. The van der Waals surface area contributed by atoms with E-state index in [0.29, 0.717) is 13.0 Å². The highest BCUT2D eigenvalue weighted by molar-refractivity contribution is 6.22. The van der Waals surface area contributed by atoms with Gasteiger partial charge in [-0.15, -0.1) is 0 Å². The van der Waals surface area contributed by atoms with E-state index in [-0.39, 0.29) is 36.9 Å². The van der Waals surface area contributed by atoms with E-state index in [1.54, 1.807) is 49.9 Å². The SMILES string of the molecule is CC(C)(C)OC(=O)N1CCC[C@H]1CN(CC(=O)CN1C(=O)c2ccccc2C1=O)C(=O)OCc1ccccc1. The number of fused-ring (bicyclic) bond motifs is 1. The molecule has 1 fully saturated rings. The van der Waals surface area contributed by atoms with Gasteiger partial charge in [0, 0.05) is 13.1 Å². The molecule has 0 aliphatic carbocycles. The molecule has 2 aliphatic rings. The van der Waals surface area contributed by atoms with Crippen molar-refractivity contribution >= 4 is 29.8 Å². The van der Waals surface area contributed by atoms with Gasteiger partial charge in [-0.3, -0.25) is 24.2 Å². The van der Waals surface area contributed by atoms with Crippen molar-refractivity contribution in [1.82, 2.24) is 14.7 Å². The molecule has 2 aromatic carbocycles. The summed E-state index contributed by atoms with van der Waals surface area (Å²) in [7, 11) is 0. The zero-order chi connectivity index (χ0) is 28.2. The molecule has 4 rings (SSSR count). The fourth-order valence-electron chi connectivity index (χ4n) is 4.68. The second kappa shape index (κ2) is 11.7. The molecule has 0 aromatic heterocycles. The second-order valence-corrected chi connectivity index (χ2v) is 10.7. The van der Waals surface area contributed by atoms with Crippen LogP contribution in [0.3, 0.4) is 0 Å². The number of hydrogen-bond acceptors (Lipinski definition) is 7. The van der Waals surface area contributed by atoms with Gasteiger partial charge in [0.05, 0.1) is 30.3 Å². The number of benzene rings is 2. The van der Waals surface area contributed by atoms with Crippen LogP contribution >= 0.6 is 0 Å². The lowest BCUT2D eigenvalue weighted by Crippen LogP contribution is -2.49. The molecule has 10 nitrogen and oxygen atoms in total. The molecule has 2 heterocycles. The molecular formula is C29H33N3O7. The number of likely N-dealkylation sites (tertiary alicyclic amines) is 1. The van der Waals surface area contributed by atoms with Crippen molar-refractivity contribution in [2.75, 3.05) is 26.2 Å². The molecule has 0 unspecified atom stereocenters. The highest BCUT2D eigenvalue weighted by atomic mass is 16.6. The van der Waals surface area contributed by atoms with Crippen LogP contribution in [0.15, 0.2) is 54.6 Å². The van der Waals surface area contributed by atoms with Crippen LogP contribution in [0.4, 0.5) is 9.59 Å². The van der Waals surface area contributed by atoms with Crippen molar-refractivity contribution in [1.29, 1.82) is 0 Å². The van der Waals surface area contributed by atoms with Crippen molar-refractivity contribution in [3.05, 3.63) is 71.3 Å². The molecule has 0 spiro atoms. The van der Waals surface area contributed by atoms with Gasteiger partial charge < -0.3 is 14.4 Å². The molecule has 1 atom stereocenters. The Balaban J connectivity index is 1.46. The Morgan fingerprint density at radius 1 is 0.949 bits per heavy atom. The Kier molecular flexibility index (Phi) is 8.32. The summed E-state index contributed by atoms with van der Waals surface area (Å²) in [5.41, 5.74) is 0.585. The lowest BCUT2D eigenvalue weighted by molar-refractivity contribution is -0.120. The summed E-state index contributed by atoms with van der Waals surface area (Å²) in [4.78, 5) is 68.2. The molecule has 0 saturated carbocycles. The number of carbonyl (C=O) groups is 5. The molecule has 0 radical (unpaired) electrons. The molecule has 1 saturated heterocycles. The van der Waals surface area contributed by atoms with Crippen LogP contribution in [-0.2, 0) is 20.9 Å². The molecule has 39 heavy (non-hydrogen) atoms. The van der Waals surface area contributed by atoms with E-state index in [0.717, 1.165) is 16.9 Å². The molecule has 2 aliphatic heterocycles. The largest absolute Gasteiger partial charge is 0.445 e. The van der Waals surface area contributed by atoms with Crippen LogP contribution in [0.2, 0.25) is 0 Å². The van der Waals surface area contributed by atoms with Crippen molar-refractivity contribution < 1.29 is 33.4 Å². The van der Waals surface area contributed by atoms with Crippen molar-refractivity contribution in [3.8, 4) is 0 Å². The van der Waals surface area contributed by atoms with Crippen LogP contribution in [0, 0.1) is 0 Å². The summed E-state index contributed by atoms with van der Waals surface area (Å²) < 4.78 is 11.0. The minimum absolute atomic E-state index is 0.00319. The van der Waals surface area contributed by atoms with E-state index in [4.69, 9.17) is 9.47 Å². The smallest absolute Gasteiger partial charge is 0.410 e. The minimum Gasteiger partial charge on any atom is -0.445 e. The predicted molar refractivity (Wildman–Crippen MR) is 141 cm³/mol. The van der Waals surface area contributed by atoms with E-state index in [1.165, 1.54) is 4.90 Å². The average molecular weight is 536 g/mol. The quantitative estimate of drug-likeness (QED) is 0.471. The highest BCUT2D eigenvalue weighted by Crippen LogP contribution is 2.24. The van der Waals surface area contributed by atoms with Gasteiger partial charge in [-0.25, -0.2) is 9.59 Å². The van der Waals surface area contributed by atoms with Gasteiger partial charge in [-0.1, -0.05) is 42.5 Å². The van der Waals surface area contributed by atoms with Crippen molar-refractivity contribution in [2.45, 2.75) is 51.9 Å². The lowest BCUT2D eigenvalue weighted by atomic mass is 10.1. The van der Waals surface area contributed by atoms with Gasteiger partial charge in [-0.2, -0.15) is 0 Å². The van der Waals surface area contributed by atoms with Gasteiger partial charge in [0.1, 0.15) is 12.2 Å². The number of rotatable bonds is 8. The monoisotopic (exact) mass is 535 g/mol. The Labute approximate surface area is 227 Å². The highest BCUT2D eigenvalue weighted by Gasteiger charge is 2.38. The van der Waals surface area contributed by atoms with Gasteiger partial charge in [0.2, 0.25) is 0 Å². The third-order valence-electron chi connectivity index (χ3n) is 6.48. The second-order valence-electron chi connectivity index (χ2n) is 10.7. The molecular weight excluding hydrogens is 502 g/mol. The van der Waals surface area contributed by atoms with Crippen LogP contribution < -0.4 is 0 Å². The number of ether oxygens (including phenoxy) is 2. The fraction of sp³-hybridized carbons (Fsp3) is 0.414. The summed E-state index contributed by atoms with van der Waals surface area (Å²) in [5, 5.41) is 0. The summed E-state index contributed by atoms with van der Waals surface area (Å²) in [6, 6.07) is 15.1. The summed E-state index contributed by atoms with van der Waals surface area (Å²) >= 11 is 0. The number of ketones is 1. The first kappa shape index (κ1) is 27.8. The number of imide groups is 1. The topological polar surface area (TPSA) is 114 Å². The van der Waals surface area contributed by atoms with Gasteiger partial charge in [0.25, 0.3) is 11.8 Å². The van der Waals surface area contributed by atoms with Gasteiger partial charge >= 0.3 is 12.2 Å². The van der Waals surface area contributed by atoms with Crippen molar-refractivity contribution in [2.24, 2.45) is 0 Å². The van der Waals surface area contributed by atoms with Crippen LogP contribution in [-0.4, -0.2) is 82.3 Å². The number of nitrogens with zero attached hydrogens (tertiary/aromatic N) is 3. The standard InChI is InChI=1S/C29H33N3O7/c1-29(2,3)39-28(37)31-15-9-12-21(31)16-30(27(36)38-19-20-10-5-4-6-11-20)17-22(33)18-32-25(34)23-13-7-8-14-24(23)26(32)35/h4-8,10-11,13-14,21H,9,12,15-19H2,1-3H3/t21-/m0/s1. The van der Waals surface area contributed by atoms with Gasteiger partial charge in [0.15, 0.2) is 5.78 Å². The van der Waals surface area contributed by atoms with Crippen LogP contribution in [0.25, 0.3) is 0 Å². The summed E-state index contributed by atoms with van der Waals surface area (Å²) in [5.74, 6) is -1.61. The van der Waals surface area contributed by atoms with Gasteiger partial charge in [-0.05, 0) is 51.3 Å². The van der Waals surface area contributed by atoms with E-state index in [1.807, 2.05) is 30.3 Å². The third kappa shape index (κ3) is 6.81. The number of carbonyl (C=O) groups excluding carboxylic acids is 5. The third-order valence-corrected chi connectivity index (χ3v) is 6.48. The van der Waals surface area contributed by atoms with Crippen LogP contribution in [0.5, 0.6) is 0 Å². The molecule has 0 bridgehead atoms. The normalized spacial score (nSPS) is 16.7. The Bertz CT molecular complexity index is 1220. The number of Topliss-reactive ketones (excluding diaryl/α,β-unsaturated/α-hetero) is 1. The first-order chi connectivity index (χ1) is 18.5. The lowest BCUT2D eigenvalue weighted by Gasteiger charge is -2.32. The Morgan fingerprint density at radius 3 is 2.18 bits per heavy atom. The van der Waals surface area contributed by atoms with E-state index in [2.05, 4.69) is 0 Å². The van der Waals surface area contributed by atoms with E-state index < -0.39 is 41.9 Å². The number of amides is 4. The Hall–Kier alpha value is -4.21. The maximum absolute atomic E-state index is 13.2. The summed E-state index contributed by atoms with van der Waals surface area (Å²) in [6.45, 7) is 4.98. The maximum atomic E-state index is 13.2. The number of hydrogen-bond donors (Lipinski definition) is 0. The molecule has 206 valence electrons. The van der Waals surface area contributed by atoms with Crippen molar-refractivity contribution in [3.63, 3.8) is 0 Å². The van der Waals surface area contributed by atoms with E-state index in [9.17, 15) is 24.0 Å². The molecule has 10 heteroatoms. The maximum Gasteiger partial charge on any atom is 0.410 e. The summed E-state index contributed by atoms with van der Waals surface area (Å²) in [6.07, 6.45) is 0.124. The molecule has 4 amide bonds. The predicted octanol–water partition coefficient (Wildman–Crippen LogP) is 3.89.